The second-order valence-electron chi connectivity index (χ2n) is 7.27. The van der Waals surface area contributed by atoms with E-state index in [1.165, 1.54) is 0 Å². The van der Waals surface area contributed by atoms with E-state index in [1.807, 2.05) is 43.0 Å². The van der Waals surface area contributed by atoms with E-state index in [0.717, 1.165) is 5.56 Å². The predicted octanol–water partition coefficient (Wildman–Crippen LogP) is 3.49. The average Bonchev–Trinajstić information content (AvgIpc) is 2.95. The first-order valence-corrected chi connectivity index (χ1v) is 10.1. The van der Waals surface area contributed by atoms with Gasteiger partial charge in [-0.1, -0.05) is 55.2 Å². The maximum Gasteiger partial charge on any atom is 0.259 e. The van der Waals surface area contributed by atoms with Crippen LogP contribution in [0.3, 0.4) is 0 Å². The Morgan fingerprint density at radius 1 is 1.07 bits per heavy atom. The van der Waals surface area contributed by atoms with Crippen LogP contribution in [0.25, 0.3) is 0 Å². The molecule has 1 aromatic heterocycles. The molecule has 28 heavy (non-hydrogen) atoms. The number of amides is 2. The van der Waals surface area contributed by atoms with Crippen molar-refractivity contribution < 1.29 is 9.59 Å². The zero-order valence-electron chi connectivity index (χ0n) is 16.3. The number of carbonyl (C=O) groups is 2. The molecular formula is C20H24Cl2N4O2. The fourth-order valence-corrected chi connectivity index (χ4v) is 3.85. The molecule has 1 saturated heterocycles. The second-order valence-corrected chi connectivity index (χ2v) is 8.04. The molecule has 0 radical (unpaired) electrons. The molecule has 0 spiro atoms. The molecule has 0 bridgehead atoms. The van der Waals surface area contributed by atoms with Gasteiger partial charge in [0.05, 0.1) is 17.8 Å². The molecule has 0 unspecified atom stereocenters. The second kappa shape index (κ2) is 8.53. The van der Waals surface area contributed by atoms with Crippen LogP contribution in [0.2, 0.25) is 10.2 Å². The van der Waals surface area contributed by atoms with Crippen molar-refractivity contribution in [2.75, 3.05) is 26.2 Å². The van der Waals surface area contributed by atoms with E-state index in [0.29, 0.717) is 54.2 Å². The summed E-state index contributed by atoms with van der Waals surface area (Å²) >= 11 is 12.7. The van der Waals surface area contributed by atoms with Gasteiger partial charge in [-0.2, -0.15) is 5.10 Å². The highest BCUT2D eigenvalue weighted by molar-refractivity contribution is 6.33. The first-order chi connectivity index (χ1) is 13.3. The summed E-state index contributed by atoms with van der Waals surface area (Å²) in [6.45, 7) is 7.99. The Morgan fingerprint density at radius 3 is 2.29 bits per heavy atom. The van der Waals surface area contributed by atoms with Crippen LogP contribution in [0.15, 0.2) is 24.3 Å². The van der Waals surface area contributed by atoms with E-state index in [9.17, 15) is 9.59 Å². The number of piperazine rings is 1. The number of aryl methyl sites for hydroxylation is 1. The Morgan fingerprint density at radius 2 is 1.68 bits per heavy atom. The maximum absolute atomic E-state index is 13.0. The number of nitrogens with zero attached hydrogens (tertiary/aromatic N) is 4. The van der Waals surface area contributed by atoms with E-state index < -0.39 is 0 Å². The molecule has 3 rings (SSSR count). The van der Waals surface area contributed by atoms with E-state index in [1.54, 1.807) is 16.5 Å². The molecule has 0 atom stereocenters. The lowest BCUT2D eigenvalue weighted by atomic mass is 10.1. The van der Waals surface area contributed by atoms with Gasteiger partial charge in [-0.25, -0.2) is 4.68 Å². The Labute approximate surface area is 175 Å². The molecular weight excluding hydrogens is 399 g/mol. The van der Waals surface area contributed by atoms with Crippen molar-refractivity contribution in [3.05, 3.63) is 51.3 Å². The minimum atomic E-state index is -0.149. The molecule has 150 valence electrons. The molecule has 2 amide bonds. The van der Waals surface area contributed by atoms with Gasteiger partial charge in [0.25, 0.3) is 5.91 Å². The van der Waals surface area contributed by atoms with Crippen LogP contribution in [-0.2, 0) is 11.3 Å². The highest BCUT2D eigenvalue weighted by Gasteiger charge is 2.29. The molecule has 0 N–H and O–H groups in total. The molecule has 1 fully saturated rings. The van der Waals surface area contributed by atoms with Crippen LogP contribution in [0.5, 0.6) is 0 Å². The minimum absolute atomic E-state index is 0.0398. The summed E-state index contributed by atoms with van der Waals surface area (Å²) in [5, 5.41) is 5.38. The van der Waals surface area contributed by atoms with Gasteiger partial charge in [-0.3, -0.25) is 9.59 Å². The summed E-state index contributed by atoms with van der Waals surface area (Å²) in [6.07, 6.45) is 0. The number of rotatable bonds is 4. The van der Waals surface area contributed by atoms with Crippen molar-refractivity contribution in [1.29, 1.82) is 0 Å². The van der Waals surface area contributed by atoms with Gasteiger partial charge in [0.2, 0.25) is 5.91 Å². The smallest absolute Gasteiger partial charge is 0.259 e. The van der Waals surface area contributed by atoms with Gasteiger partial charge < -0.3 is 9.80 Å². The summed E-state index contributed by atoms with van der Waals surface area (Å²) in [6, 6.07) is 7.48. The largest absolute Gasteiger partial charge is 0.339 e. The van der Waals surface area contributed by atoms with E-state index in [-0.39, 0.29) is 17.7 Å². The average molecular weight is 423 g/mol. The summed E-state index contributed by atoms with van der Waals surface area (Å²) < 4.78 is 1.60. The third-order valence-electron chi connectivity index (χ3n) is 4.93. The molecule has 2 aromatic rings. The molecule has 1 aliphatic heterocycles. The third-order valence-corrected chi connectivity index (χ3v) is 5.68. The number of benzene rings is 1. The van der Waals surface area contributed by atoms with Crippen molar-refractivity contribution >= 4 is 35.0 Å². The fourth-order valence-electron chi connectivity index (χ4n) is 3.34. The number of aromatic nitrogens is 2. The Hall–Kier alpha value is -2.05. The van der Waals surface area contributed by atoms with Crippen LogP contribution >= 0.6 is 23.2 Å². The monoisotopic (exact) mass is 422 g/mol. The molecule has 0 saturated carbocycles. The topological polar surface area (TPSA) is 58.4 Å². The third kappa shape index (κ3) is 4.18. The van der Waals surface area contributed by atoms with E-state index in [2.05, 4.69) is 5.10 Å². The first kappa shape index (κ1) is 20.7. The Bertz CT molecular complexity index is 886. The van der Waals surface area contributed by atoms with Crippen LogP contribution in [0, 0.1) is 12.8 Å². The number of carbonyl (C=O) groups excluding carboxylic acids is 2. The highest BCUT2D eigenvalue weighted by atomic mass is 35.5. The van der Waals surface area contributed by atoms with Crippen LogP contribution in [-0.4, -0.2) is 57.6 Å². The molecule has 8 heteroatoms. The predicted molar refractivity (Wildman–Crippen MR) is 110 cm³/mol. The van der Waals surface area contributed by atoms with Gasteiger partial charge in [0.1, 0.15) is 5.15 Å². The SMILES string of the molecule is Cc1nn(Cc2ccccc2Cl)c(Cl)c1C(=O)N1CCN(C(=O)C(C)C)CC1. The lowest BCUT2D eigenvalue weighted by molar-refractivity contribution is -0.135. The standard InChI is InChI=1S/C20H24Cl2N4O2/c1-13(2)19(27)24-8-10-25(11-9-24)20(28)17-14(3)23-26(18(17)22)12-15-6-4-5-7-16(15)21/h4-7,13H,8-12H2,1-3H3. The van der Waals surface area contributed by atoms with Crippen LogP contribution < -0.4 is 0 Å². The van der Waals surface area contributed by atoms with Crippen LogP contribution in [0.1, 0.15) is 35.5 Å². The van der Waals surface area contributed by atoms with Crippen molar-refractivity contribution in [2.24, 2.45) is 5.92 Å². The minimum Gasteiger partial charge on any atom is -0.339 e. The van der Waals surface area contributed by atoms with Crippen molar-refractivity contribution in [2.45, 2.75) is 27.3 Å². The summed E-state index contributed by atoms with van der Waals surface area (Å²) in [5.74, 6) is -0.0691. The number of hydrogen-bond acceptors (Lipinski definition) is 3. The zero-order valence-corrected chi connectivity index (χ0v) is 17.8. The fraction of sp³-hybridized carbons (Fsp3) is 0.450. The zero-order chi connectivity index (χ0) is 20.4. The number of hydrogen-bond donors (Lipinski definition) is 0. The number of halogens is 2. The summed E-state index contributed by atoms with van der Waals surface area (Å²) in [7, 11) is 0. The van der Waals surface area contributed by atoms with Crippen molar-refractivity contribution in [1.82, 2.24) is 19.6 Å². The summed E-state index contributed by atoms with van der Waals surface area (Å²) in [5.41, 5.74) is 1.88. The molecule has 0 aliphatic carbocycles. The van der Waals surface area contributed by atoms with Gasteiger partial charge in [0, 0.05) is 37.1 Å². The van der Waals surface area contributed by atoms with Gasteiger partial charge in [-0.05, 0) is 18.6 Å². The van der Waals surface area contributed by atoms with Gasteiger partial charge in [-0.15, -0.1) is 0 Å². The first-order valence-electron chi connectivity index (χ1n) is 9.34. The van der Waals surface area contributed by atoms with Crippen LogP contribution in [0.4, 0.5) is 0 Å². The van der Waals surface area contributed by atoms with Gasteiger partial charge in [0.15, 0.2) is 0 Å². The maximum atomic E-state index is 13.0. The van der Waals surface area contributed by atoms with Crippen molar-refractivity contribution in [3.8, 4) is 0 Å². The lowest BCUT2D eigenvalue weighted by Gasteiger charge is -2.35. The molecule has 2 heterocycles. The molecule has 6 nitrogen and oxygen atoms in total. The lowest BCUT2D eigenvalue weighted by Crippen LogP contribution is -2.51. The molecule has 1 aromatic carbocycles. The highest BCUT2D eigenvalue weighted by Crippen LogP contribution is 2.25. The Balaban J connectivity index is 1.74. The normalized spacial score (nSPS) is 14.6. The van der Waals surface area contributed by atoms with E-state index >= 15 is 0 Å². The summed E-state index contributed by atoms with van der Waals surface area (Å²) in [4.78, 5) is 28.7. The quantitative estimate of drug-likeness (QED) is 0.757. The van der Waals surface area contributed by atoms with Gasteiger partial charge >= 0.3 is 0 Å². The molecule has 1 aliphatic rings. The van der Waals surface area contributed by atoms with E-state index in [4.69, 9.17) is 23.2 Å². The van der Waals surface area contributed by atoms with Crippen molar-refractivity contribution in [3.63, 3.8) is 0 Å². The Kier molecular flexibility index (Phi) is 6.30.